The highest BCUT2D eigenvalue weighted by molar-refractivity contribution is 6.10. The molecular weight excluding hydrogens is 383 g/mol. The number of anilines is 1. The molecule has 0 saturated carbocycles. The van der Waals surface area contributed by atoms with E-state index in [1.807, 2.05) is 38.1 Å². The van der Waals surface area contributed by atoms with Crippen LogP contribution in [0.3, 0.4) is 0 Å². The normalized spacial score (nSPS) is 12.6. The van der Waals surface area contributed by atoms with Gasteiger partial charge in [-0.3, -0.25) is 4.79 Å². The number of nitrogens with one attached hydrogen (secondary N) is 1. The van der Waals surface area contributed by atoms with Crippen LogP contribution in [-0.4, -0.2) is 32.8 Å². The van der Waals surface area contributed by atoms with Crippen LogP contribution in [0, 0.1) is 5.82 Å². The highest BCUT2D eigenvalue weighted by Crippen LogP contribution is 2.28. The zero-order valence-electron chi connectivity index (χ0n) is 16.6. The van der Waals surface area contributed by atoms with Gasteiger partial charge in [0, 0.05) is 6.04 Å². The van der Waals surface area contributed by atoms with E-state index in [1.165, 1.54) is 23.0 Å². The highest BCUT2D eigenvalue weighted by atomic mass is 19.1. The maximum Gasteiger partial charge on any atom is 0.257 e. The second-order valence-electron chi connectivity index (χ2n) is 7.04. The van der Waals surface area contributed by atoms with E-state index in [4.69, 9.17) is 5.73 Å². The number of fused-ring (bicyclic) bond motifs is 2. The molecule has 8 heteroatoms. The van der Waals surface area contributed by atoms with Crippen LogP contribution in [0.15, 0.2) is 53.6 Å². The average Bonchev–Trinajstić information content (AvgIpc) is 3.01. The number of nitrogens with zero attached hydrogens (tertiary/aromatic N) is 4. The quantitative estimate of drug-likeness (QED) is 0.495. The summed E-state index contributed by atoms with van der Waals surface area (Å²) in [6, 6.07) is 13.2. The average molecular weight is 404 g/mol. The van der Waals surface area contributed by atoms with Gasteiger partial charge in [0.1, 0.15) is 22.7 Å². The number of nitrogen functional groups attached to an aromatic ring is 1. The van der Waals surface area contributed by atoms with Crippen molar-refractivity contribution in [2.24, 2.45) is 5.10 Å². The van der Waals surface area contributed by atoms with Gasteiger partial charge < -0.3 is 11.1 Å². The molecule has 2 aromatic carbocycles. The third-order valence-corrected chi connectivity index (χ3v) is 4.88. The summed E-state index contributed by atoms with van der Waals surface area (Å²) in [6.45, 7) is 3.90. The van der Waals surface area contributed by atoms with E-state index in [0.717, 1.165) is 6.42 Å². The Balaban J connectivity index is 1.89. The van der Waals surface area contributed by atoms with Gasteiger partial charge in [-0.25, -0.2) is 14.4 Å². The lowest BCUT2D eigenvalue weighted by molar-refractivity contribution is 0.0941. The number of aromatic nitrogens is 3. The van der Waals surface area contributed by atoms with Crippen molar-refractivity contribution < 1.29 is 9.18 Å². The minimum atomic E-state index is -0.334. The second kappa shape index (κ2) is 7.90. The third-order valence-electron chi connectivity index (χ3n) is 4.88. The molecule has 1 atom stereocenters. The van der Waals surface area contributed by atoms with Crippen molar-refractivity contribution in [3.8, 4) is 0 Å². The highest BCUT2D eigenvalue weighted by Gasteiger charge is 2.24. The standard InChI is InChI=1S/C22H21FN6O/c1-3-13(2)26-22(30)18-19-21(28-17-7-5-4-6-16(17)27-19)29(20(18)24)25-12-14-8-10-15(23)11-9-14/h4-13H,3,24H2,1-2H3,(H,26,30)/b25-12-/t13-/m1/s1. The summed E-state index contributed by atoms with van der Waals surface area (Å²) in [7, 11) is 0. The monoisotopic (exact) mass is 404 g/mol. The zero-order valence-corrected chi connectivity index (χ0v) is 16.6. The molecule has 0 bridgehead atoms. The Kier molecular flexibility index (Phi) is 5.14. The smallest absolute Gasteiger partial charge is 0.257 e. The third kappa shape index (κ3) is 3.59. The van der Waals surface area contributed by atoms with Gasteiger partial charge in [0.25, 0.3) is 5.91 Å². The molecule has 30 heavy (non-hydrogen) atoms. The lowest BCUT2D eigenvalue weighted by Crippen LogP contribution is -2.32. The number of amides is 1. The predicted molar refractivity (Wildman–Crippen MR) is 116 cm³/mol. The molecule has 0 aliphatic heterocycles. The summed E-state index contributed by atoms with van der Waals surface area (Å²) in [5.41, 5.74) is 9.32. The maximum absolute atomic E-state index is 13.2. The van der Waals surface area contributed by atoms with E-state index in [9.17, 15) is 9.18 Å². The van der Waals surface area contributed by atoms with Crippen molar-refractivity contribution >= 4 is 40.1 Å². The molecule has 0 saturated heterocycles. The van der Waals surface area contributed by atoms with Crippen LogP contribution in [0.2, 0.25) is 0 Å². The molecule has 2 heterocycles. The number of hydrogen-bond acceptors (Lipinski definition) is 5. The fourth-order valence-corrected chi connectivity index (χ4v) is 3.06. The van der Waals surface area contributed by atoms with Crippen molar-refractivity contribution in [2.45, 2.75) is 26.3 Å². The molecule has 2 aromatic heterocycles. The van der Waals surface area contributed by atoms with Crippen LogP contribution in [-0.2, 0) is 0 Å². The molecular formula is C22H21FN6O. The fraction of sp³-hybridized carbons (Fsp3) is 0.182. The van der Waals surface area contributed by atoms with Crippen LogP contribution in [0.4, 0.5) is 10.2 Å². The molecule has 3 N–H and O–H groups in total. The Bertz CT molecular complexity index is 1260. The maximum atomic E-state index is 13.2. The van der Waals surface area contributed by atoms with Gasteiger partial charge in [-0.2, -0.15) is 9.78 Å². The summed E-state index contributed by atoms with van der Waals surface area (Å²) < 4.78 is 14.6. The molecule has 0 radical (unpaired) electrons. The van der Waals surface area contributed by atoms with Crippen molar-refractivity contribution in [2.75, 3.05) is 5.73 Å². The lowest BCUT2D eigenvalue weighted by Gasteiger charge is -2.11. The van der Waals surface area contributed by atoms with Gasteiger partial charge in [0.05, 0.1) is 17.2 Å². The minimum Gasteiger partial charge on any atom is -0.383 e. The van der Waals surface area contributed by atoms with Crippen molar-refractivity contribution in [1.29, 1.82) is 0 Å². The largest absolute Gasteiger partial charge is 0.383 e. The molecule has 0 spiro atoms. The number of para-hydroxylation sites is 2. The summed E-state index contributed by atoms with van der Waals surface area (Å²) in [4.78, 5) is 22.2. The molecule has 1 amide bonds. The Morgan fingerprint density at radius 3 is 2.53 bits per heavy atom. The molecule has 0 aliphatic carbocycles. The minimum absolute atomic E-state index is 0.0218. The summed E-state index contributed by atoms with van der Waals surface area (Å²) >= 11 is 0. The molecule has 0 unspecified atom stereocenters. The van der Waals surface area contributed by atoms with E-state index in [1.54, 1.807) is 12.1 Å². The Morgan fingerprint density at radius 2 is 1.87 bits per heavy atom. The molecule has 4 rings (SSSR count). The number of carbonyl (C=O) groups is 1. The fourth-order valence-electron chi connectivity index (χ4n) is 3.06. The van der Waals surface area contributed by atoms with Crippen LogP contribution < -0.4 is 11.1 Å². The van der Waals surface area contributed by atoms with E-state index in [-0.39, 0.29) is 29.1 Å². The van der Waals surface area contributed by atoms with Crippen molar-refractivity contribution in [3.63, 3.8) is 0 Å². The van der Waals surface area contributed by atoms with Gasteiger partial charge in [-0.15, -0.1) is 0 Å². The van der Waals surface area contributed by atoms with E-state index in [0.29, 0.717) is 27.8 Å². The zero-order chi connectivity index (χ0) is 21.3. The van der Waals surface area contributed by atoms with Crippen LogP contribution in [0.5, 0.6) is 0 Å². The van der Waals surface area contributed by atoms with Gasteiger partial charge in [0.2, 0.25) is 0 Å². The van der Waals surface area contributed by atoms with Crippen LogP contribution in [0.25, 0.3) is 22.2 Å². The van der Waals surface area contributed by atoms with Crippen molar-refractivity contribution in [1.82, 2.24) is 20.0 Å². The first-order valence-electron chi connectivity index (χ1n) is 9.65. The number of carbonyl (C=O) groups excluding carboxylic acids is 1. The predicted octanol–water partition coefficient (Wildman–Crippen LogP) is 3.72. The van der Waals surface area contributed by atoms with E-state index >= 15 is 0 Å². The van der Waals surface area contributed by atoms with Crippen molar-refractivity contribution in [3.05, 3.63) is 65.5 Å². The molecule has 4 aromatic rings. The van der Waals surface area contributed by atoms with Crippen LogP contribution >= 0.6 is 0 Å². The summed E-state index contributed by atoms with van der Waals surface area (Å²) in [5, 5.41) is 7.33. The van der Waals surface area contributed by atoms with E-state index in [2.05, 4.69) is 20.4 Å². The second-order valence-corrected chi connectivity index (χ2v) is 7.04. The van der Waals surface area contributed by atoms with Gasteiger partial charge in [0.15, 0.2) is 5.65 Å². The molecule has 0 aliphatic rings. The number of rotatable bonds is 5. The number of hydrogen-bond donors (Lipinski definition) is 2. The lowest BCUT2D eigenvalue weighted by atomic mass is 10.2. The number of halogens is 1. The first kappa shape index (κ1) is 19.5. The number of nitrogens with two attached hydrogens (primary N) is 1. The first-order valence-corrected chi connectivity index (χ1v) is 9.65. The molecule has 152 valence electrons. The Hall–Kier alpha value is -3.81. The van der Waals surface area contributed by atoms with Gasteiger partial charge in [-0.05, 0) is 43.2 Å². The molecule has 0 fully saturated rings. The summed E-state index contributed by atoms with van der Waals surface area (Å²) in [6.07, 6.45) is 2.31. The first-order chi connectivity index (χ1) is 14.5. The number of benzene rings is 2. The topological polar surface area (TPSA) is 98.2 Å². The Morgan fingerprint density at radius 1 is 1.20 bits per heavy atom. The SMILES string of the molecule is CC[C@@H](C)NC(=O)c1c(N)n(/N=C\c2ccc(F)cc2)c2nc3ccccc3nc12. The van der Waals surface area contributed by atoms with E-state index < -0.39 is 0 Å². The Labute approximate surface area is 172 Å². The van der Waals surface area contributed by atoms with Gasteiger partial charge in [-0.1, -0.05) is 31.2 Å². The van der Waals surface area contributed by atoms with Crippen LogP contribution in [0.1, 0.15) is 36.2 Å². The van der Waals surface area contributed by atoms with Gasteiger partial charge >= 0.3 is 0 Å². The molecule has 7 nitrogen and oxygen atoms in total. The summed E-state index contributed by atoms with van der Waals surface area (Å²) in [5.74, 6) is -0.522.